The Morgan fingerprint density at radius 1 is 1.36 bits per heavy atom. The lowest BCUT2D eigenvalue weighted by molar-refractivity contribution is -0.142. The van der Waals surface area contributed by atoms with E-state index in [9.17, 15) is 14.4 Å². The molecule has 0 aliphatic carbocycles. The molecule has 1 saturated heterocycles. The highest BCUT2D eigenvalue weighted by molar-refractivity contribution is 8.00. The molecule has 0 bridgehead atoms. The molecule has 1 fully saturated rings. The van der Waals surface area contributed by atoms with Crippen molar-refractivity contribution in [3.63, 3.8) is 0 Å². The van der Waals surface area contributed by atoms with Crippen molar-refractivity contribution in [1.29, 1.82) is 0 Å². The van der Waals surface area contributed by atoms with E-state index >= 15 is 0 Å². The second-order valence-electron chi connectivity index (χ2n) is 6.12. The van der Waals surface area contributed by atoms with Crippen molar-refractivity contribution in [3.8, 4) is 5.75 Å². The molecule has 1 atom stereocenters. The topological polar surface area (TPSA) is 87.7 Å². The quantitative estimate of drug-likeness (QED) is 0.718. The maximum atomic E-state index is 12.1. The van der Waals surface area contributed by atoms with Gasteiger partial charge < -0.3 is 20.3 Å². The zero-order chi connectivity index (χ0) is 18.4. The maximum absolute atomic E-state index is 12.1. The van der Waals surface area contributed by atoms with Crippen LogP contribution in [0.2, 0.25) is 0 Å². The minimum absolute atomic E-state index is 0.124. The Morgan fingerprint density at radius 3 is 2.64 bits per heavy atom. The molecule has 0 saturated carbocycles. The highest BCUT2D eigenvalue weighted by Gasteiger charge is 2.32. The molecule has 0 radical (unpaired) electrons. The first kappa shape index (κ1) is 19.1. The predicted molar refractivity (Wildman–Crippen MR) is 97.2 cm³/mol. The molecule has 2 N–H and O–H groups in total. The number of rotatable bonds is 7. The lowest BCUT2D eigenvalue weighted by Crippen LogP contribution is -2.56. The number of hydrogen-bond donors (Lipinski definition) is 2. The molecule has 2 rings (SSSR count). The standard InChI is InChI=1S/C17H23N3O4S/c1-11(2)9-20-16(23)8-14(21)19-17(20)25-10-15(22)18-12-4-6-13(24-3)7-5-12/h4-7,11,17H,8-10H2,1-3H3,(H,18,22)(H,19,21)/t17-/m1/s1. The number of methoxy groups -OCH3 is 1. The van der Waals surface area contributed by atoms with Crippen molar-refractivity contribution in [3.05, 3.63) is 24.3 Å². The van der Waals surface area contributed by atoms with Crippen molar-refractivity contribution < 1.29 is 19.1 Å². The number of hydrogen-bond acceptors (Lipinski definition) is 5. The average molecular weight is 365 g/mol. The molecule has 25 heavy (non-hydrogen) atoms. The molecular formula is C17H23N3O4S. The summed E-state index contributed by atoms with van der Waals surface area (Å²) >= 11 is 1.23. The Kier molecular flexibility index (Phi) is 6.69. The van der Waals surface area contributed by atoms with Crippen molar-refractivity contribution in [2.45, 2.75) is 25.8 Å². The Labute approximate surface area is 151 Å². The second-order valence-corrected chi connectivity index (χ2v) is 7.19. The van der Waals surface area contributed by atoms with Crippen LogP contribution in [0, 0.1) is 5.92 Å². The Balaban J connectivity index is 1.91. The highest BCUT2D eigenvalue weighted by Crippen LogP contribution is 2.21. The molecule has 1 aliphatic heterocycles. The van der Waals surface area contributed by atoms with Crippen LogP contribution in [0.4, 0.5) is 5.69 Å². The molecular weight excluding hydrogens is 342 g/mol. The van der Waals surface area contributed by atoms with E-state index in [1.165, 1.54) is 11.8 Å². The Morgan fingerprint density at radius 2 is 2.04 bits per heavy atom. The van der Waals surface area contributed by atoms with Gasteiger partial charge in [-0.3, -0.25) is 14.4 Å². The normalized spacial score (nSPS) is 17.4. The molecule has 7 nitrogen and oxygen atoms in total. The summed E-state index contributed by atoms with van der Waals surface area (Å²) in [6.45, 7) is 4.54. The fraction of sp³-hybridized carbons (Fsp3) is 0.471. The summed E-state index contributed by atoms with van der Waals surface area (Å²) in [6.07, 6.45) is -0.137. The van der Waals surface area contributed by atoms with E-state index in [2.05, 4.69) is 10.6 Å². The van der Waals surface area contributed by atoms with Crippen LogP contribution in [0.5, 0.6) is 5.75 Å². The van der Waals surface area contributed by atoms with Gasteiger partial charge in [-0.15, -0.1) is 11.8 Å². The van der Waals surface area contributed by atoms with Crippen LogP contribution < -0.4 is 15.4 Å². The number of nitrogens with one attached hydrogen (secondary N) is 2. The molecule has 1 aromatic rings. The van der Waals surface area contributed by atoms with Crippen molar-refractivity contribution >= 4 is 35.2 Å². The van der Waals surface area contributed by atoms with Crippen LogP contribution >= 0.6 is 11.8 Å². The third-order valence-electron chi connectivity index (χ3n) is 3.51. The van der Waals surface area contributed by atoms with E-state index in [4.69, 9.17) is 4.74 Å². The molecule has 1 heterocycles. The van der Waals surface area contributed by atoms with Gasteiger partial charge in [-0.1, -0.05) is 13.8 Å². The van der Waals surface area contributed by atoms with Gasteiger partial charge in [0.15, 0.2) is 5.50 Å². The third-order valence-corrected chi connectivity index (χ3v) is 4.62. The molecule has 1 aromatic carbocycles. The molecule has 0 spiro atoms. The van der Waals surface area contributed by atoms with E-state index < -0.39 is 5.50 Å². The number of ether oxygens (including phenoxy) is 1. The fourth-order valence-corrected chi connectivity index (χ4v) is 3.36. The number of thioether (sulfide) groups is 1. The summed E-state index contributed by atoms with van der Waals surface area (Å²) in [5.74, 6) is 0.393. The number of amides is 3. The van der Waals surface area contributed by atoms with Crippen molar-refractivity contribution in [2.75, 3.05) is 24.7 Å². The van der Waals surface area contributed by atoms with Gasteiger partial charge in [0, 0.05) is 12.2 Å². The molecule has 8 heteroatoms. The van der Waals surface area contributed by atoms with Crippen molar-refractivity contribution in [2.24, 2.45) is 5.92 Å². The minimum Gasteiger partial charge on any atom is -0.497 e. The minimum atomic E-state index is -0.516. The van der Waals surface area contributed by atoms with Gasteiger partial charge in [-0.25, -0.2) is 0 Å². The first-order valence-electron chi connectivity index (χ1n) is 8.03. The lowest BCUT2D eigenvalue weighted by Gasteiger charge is -2.36. The number of carbonyl (C=O) groups is 3. The number of nitrogens with zero attached hydrogens (tertiary/aromatic N) is 1. The van der Waals surface area contributed by atoms with E-state index in [1.807, 2.05) is 13.8 Å². The first-order chi connectivity index (χ1) is 11.9. The van der Waals surface area contributed by atoms with Crippen LogP contribution in [-0.4, -0.2) is 47.5 Å². The fourth-order valence-electron chi connectivity index (χ4n) is 2.38. The van der Waals surface area contributed by atoms with Gasteiger partial charge in [0.05, 0.1) is 12.9 Å². The van der Waals surface area contributed by atoms with E-state index in [-0.39, 0.29) is 35.8 Å². The highest BCUT2D eigenvalue weighted by atomic mass is 32.2. The van der Waals surface area contributed by atoms with Gasteiger partial charge in [0.25, 0.3) is 0 Å². The summed E-state index contributed by atoms with van der Waals surface area (Å²) in [5.41, 5.74) is 0.145. The van der Waals surface area contributed by atoms with Gasteiger partial charge >= 0.3 is 0 Å². The summed E-state index contributed by atoms with van der Waals surface area (Å²) in [5, 5.41) is 5.55. The number of anilines is 1. The van der Waals surface area contributed by atoms with Gasteiger partial charge in [0.1, 0.15) is 12.2 Å². The van der Waals surface area contributed by atoms with Crippen molar-refractivity contribution in [1.82, 2.24) is 10.2 Å². The van der Waals surface area contributed by atoms with Gasteiger partial charge in [-0.05, 0) is 30.2 Å². The summed E-state index contributed by atoms with van der Waals surface area (Å²) < 4.78 is 5.07. The first-order valence-corrected chi connectivity index (χ1v) is 9.08. The molecule has 0 aromatic heterocycles. The smallest absolute Gasteiger partial charge is 0.234 e. The average Bonchev–Trinajstić information content (AvgIpc) is 2.56. The summed E-state index contributed by atoms with van der Waals surface area (Å²) in [4.78, 5) is 37.5. The second kappa shape index (κ2) is 8.75. The molecule has 3 amide bonds. The zero-order valence-corrected chi connectivity index (χ0v) is 15.4. The van der Waals surface area contributed by atoms with Crippen LogP contribution in [0.3, 0.4) is 0 Å². The Bertz CT molecular complexity index is 633. The number of benzene rings is 1. The Hall–Kier alpha value is -2.22. The van der Waals surface area contributed by atoms with Crippen LogP contribution in [0.15, 0.2) is 24.3 Å². The van der Waals surface area contributed by atoms with Crippen LogP contribution in [0.25, 0.3) is 0 Å². The summed E-state index contributed by atoms with van der Waals surface area (Å²) in [7, 11) is 1.58. The molecule has 136 valence electrons. The maximum Gasteiger partial charge on any atom is 0.234 e. The van der Waals surface area contributed by atoms with E-state index in [0.717, 1.165) is 0 Å². The third kappa shape index (κ3) is 5.67. The van der Waals surface area contributed by atoms with Crippen LogP contribution in [0.1, 0.15) is 20.3 Å². The van der Waals surface area contributed by atoms with Gasteiger partial charge in [0.2, 0.25) is 17.7 Å². The SMILES string of the molecule is COc1ccc(NC(=O)CS[C@@H]2NC(=O)CC(=O)N2CC(C)C)cc1. The van der Waals surface area contributed by atoms with E-state index in [0.29, 0.717) is 18.0 Å². The van der Waals surface area contributed by atoms with Gasteiger partial charge in [-0.2, -0.15) is 0 Å². The molecule has 0 unspecified atom stereocenters. The number of carbonyl (C=O) groups excluding carboxylic acids is 3. The van der Waals surface area contributed by atoms with Crippen LogP contribution in [-0.2, 0) is 14.4 Å². The predicted octanol–water partition coefficient (Wildman–Crippen LogP) is 1.65. The molecule has 1 aliphatic rings. The monoisotopic (exact) mass is 365 g/mol. The largest absolute Gasteiger partial charge is 0.497 e. The summed E-state index contributed by atoms with van der Waals surface area (Å²) in [6, 6.07) is 7.01. The van der Waals surface area contributed by atoms with E-state index in [1.54, 1.807) is 36.3 Å². The zero-order valence-electron chi connectivity index (χ0n) is 14.6. The lowest BCUT2D eigenvalue weighted by atomic mass is 10.2.